The lowest BCUT2D eigenvalue weighted by Crippen LogP contribution is -2.10. The van der Waals surface area contributed by atoms with Gasteiger partial charge >= 0.3 is 0 Å². The van der Waals surface area contributed by atoms with Crippen molar-refractivity contribution >= 4 is 11.4 Å². The Labute approximate surface area is 119 Å². The van der Waals surface area contributed by atoms with Crippen molar-refractivity contribution in [3.63, 3.8) is 0 Å². The molecule has 3 nitrogen and oxygen atoms in total. The maximum Gasteiger partial charge on any atom is 0.103 e. The molecular weight excluding hydrogens is 246 g/mol. The quantitative estimate of drug-likeness (QED) is 0.681. The maximum atomic E-state index is 9.25. The molecule has 0 saturated carbocycles. The summed E-state index contributed by atoms with van der Waals surface area (Å²) in [6.07, 6.45) is 0. The zero-order valence-electron chi connectivity index (χ0n) is 12.0. The van der Waals surface area contributed by atoms with Crippen LogP contribution in [0.1, 0.15) is 31.9 Å². The molecular formula is C17H17N3. The van der Waals surface area contributed by atoms with E-state index in [1.807, 2.05) is 48.5 Å². The summed E-state index contributed by atoms with van der Waals surface area (Å²) in [7, 11) is 0. The van der Waals surface area contributed by atoms with Crippen molar-refractivity contribution in [1.29, 1.82) is 5.26 Å². The van der Waals surface area contributed by atoms with Gasteiger partial charge in [0.15, 0.2) is 0 Å². The molecule has 0 bridgehead atoms. The van der Waals surface area contributed by atoms with Crippen molar-refractivity contribution in [3.05, 3.63) is 59.7 Å². The number of hydrogen-bond acceptors (Lipinski definition) is 3. The Balaban J connectivity index is 2.34. The molecule has 0 saturated heterocycles. The van der Waals surface area contributed by atoms with Crippen LogP contribution in [0.3, 0.4) is 0 Å². The molecule has 0 N–H and O–H groups in total. The number of nitriles is 1. The summed E-state index contributed by atoms with van der Waals surface area (Å²) in [5.74, 6) is 0. The lowest BCUT2D eigenvalue weighted by atomic mass is 9.86. The Morgan fingerprint density at radius 3 is 2.25 bits per heavy atom. The molecule has 0 aliphatic heterocycles. The second kappa shape index (κ2) is 5.66. The minimum Gasteiger partial charge on any atom is -0.192 e. The molecule has 2 aromatic carbocycles. The molecule has 0 heterocycles. The fraction of sp³-hybridized carbons (Fsp3) is 0.235. The van der Waals surface area contributed by atoms with E-state index >= 15 is 0 Å². The first-order valence-corrected chi connectivity index (χ1v) is 6.52. The molecule has 2 rings (SSSR count). The van der Waals surface area contributed by atoms with E-state index in [-0.39, 0.29) is 5.41 Å². The Hall–Kier alpha value is -2.47. The highest BCUT2D eigenvalue weighted by Crippen LogP contribution is 2.28. The molecule has 0 radical (unpaired) electrons. The van der Waals surface area contributed by atoms with Gasteiger partial charge in [-0.25, -0.2) is 0 Å². The number of hydrogen-bond donors (Lipinski definition) is 0. The van der Waals surface area contributed by atoms with Crippen LogP contribution in [-0.2, 0) is 5.41 Å². The highest BCUT2D eigenvalue weighted by Gasteiger charge is 2.15. The standard InChI is InChI=1S/C17H17N3/c1-17(2,3)14-9-10-16(13(11-14)12-18)20-19-15-7-5-4-6-8-15/h4-11H,1-3H3. The van der Waals surface area contributed by atoms with Crippen LogP contribution >= 0.6 is 0 Å². The Kier molecular flexibility index (Phi) is 3.95. The summed E-state index contributed by atoms with van der Waals surface area (Å²) >= 11 is 0. The second-order valence-electron chi connectivity index (χ2n) is 5.63. The lowest BCUT2D eigenvalue weighted by Gasteiger charge is -2.19. The van der Waals surface area contributed by atoms with Crippen LogP contribution in [0.4, 0.5) is 11.4 Å². The number of rotatable bonds is 2. The third kappa shape index (κ3) is 3.30. The minimum atomic E-state index is 0.0146. The van der Waals surface area contributed by atoms with Crippen LogP contribution in [-0.4, -0.2) is 0 Å². The normalized spacial score (nSPS) is 11.5. The fourth-order valence-electron chi connectivity index (χ4n) is 1.79. The topological polar surface area (TPSA) is 48.5 Å². The van der Waals surface area contributed by atoms with Gasteiger partial charge in [-0.2, -0.15) is 10.4 Å². The summed E-state index contributed by atoms with van der Waals surface area (Å²) in [6, 6.07) is 17.4. The van der Waals surface area contributed by atoms with Gasteiger partial charge in [0.1, 0.15) is 11.8 Å². The van der Waals surface area contributed by atoms with E-state index in [0.717, 1.165) is 11.3 Å². The molecule has 2 aromatic rings. The minimum absolute atomic E-state index is 0.0146. The third-order valence-corrected chi connectivity index (χ3v) is 3.01. The van der Waals surface area contributed by atoms with Crippen LogP contribution in [0.2, 0.25) is 0 Å². The van der Waals surface area contributed by atoms with Gasteiger partial charge in [-0.15, -0.1) is 5.11 Å². The van der Waals surface area contributed by atoms with E-state index < -0.39 is 0 Å². The van der Waals surface area contributed by atoms with Gasteiger partial charge in [-0.1, -0.05) is 45.0 Å². The molecule has 3 heteroatoms. The van der Waals surface area contributed by atoms with Gasteiger partial charge in [0.05, 0.1) is 11.3 Å². The first-order chi connectivity index (χ1) is 9.50. The van der Waals surface area contributed by atoms with E-state index in [0.29, 0.717) is 11.3 Å². The molecule has 0 aliphatic rings. The lowest BCUT2D eigenvalue weighted by molar-refractivity contribution is 0.590. The van der Waals surface area contributed by atoms with Crippen molar-refractivity contribution in [2.24, 2.45) is 10.2 Å². The summed E-state index contributed by atoms with van der Waals surface area (Å²) < 4.78 is 0. The van der Waals surface area contributed by atoms with Crippen LogP contribution in [0, 0.1) is 11.3 Å². The Bertz CT molecular complexity index is 659. The van der Waals surface area contributed by atoms with E-state index in [1.165, 1.54) is 0 Å². The van der Waals surface area contributed by atoms with Crippen LogP contribution < -0.4 is 0 Å². The van der Waals surface area contributed by atoms with Crippen molar-refractivity contribution < 1.29 is 0 Å². The van der Waals surface area contributed by atoms with Crippen molar-refractivity contribution in [2.45, 2.75) is 26.2 Å². The summed E-state index contributed by atoms with van der Waals surface area (Å²) in [5, 5.41) is 17.6. The van der Waals surface area contributed by atoms with Gasteiger partial charge in [0.2, 0.25) is 0 Å². The van der Waals surface area contributed by atoms with Crippen molar-refractivity contribution in [2.75, 3.05) is 0 Å². The van der Waals surface area contributed by atoms with E-state index in [9.17, 15) is 5.26 Å². The number of benzene rings is 2. The maximum absolute atomic E-state index is 9.25. The van der Waals surface area contributed by atoms with Crippen LogP contribution in [0.5, 0.6) is 0 Å². The van der Waals surface area contributed by atoms with Crippen molar-refractivity contribution in [3.8, 4) is 6.07 Å². The summed E-state index contributed by atoms with van der Waals surface area (Å²) in [5.41, 5.74) is 3.06. The van der Waals surface area contributed by atoms with Crippen LogP contribution in [0.15, 0.2) is 58.8 Å². The molecule has 100 valence electrons. The average molecular weight is 263 g/mol. The molecule has 0 aromatic heterocycles. The van der Waals surface area contributed by atoms with Crippen molar-refractivity contribution in [1.82, 2.24) is 0 Å². The molecule has 0 unspecified atom stereocenters. The third-order valence-electron chi connectivity index (χ3n) is 3.01. The molecule has 0 atom stereocenters. The fourth-order valence-corrected chi connectivity index (χ4v) is 1.79. The summed E-state index contributed by atoms with van der Waals surface area (Å²) in [6.45, 7) is 6.36. The largest absolute Gasteiger partial charge is 0.192 e. The Morgan fingerprint density at radius 1 is 0.950 bits per heavy atom. The first kappa shape index (κ1) is 14.0. The van der Waals surface area contributed by atoms with Crippen LogP contribution in [0.25, 0.3) is 0 Å². The predicted octanol–water partition coefficient (Wildman–Crippen LogP) is 5.27. The van der Waals surface area contributed by atoms with E-state index in [4.69, 9.17) is 0 Å². The van der Waals surface area contributed by atoms with Gasteiger partial charge in [-0.05, 0) is 35.2 Å². The predicted molar refractivity (Wildman–Crippen MR) is 80.5 cm³/mol. The summed E-state index contributed by atoms with van der Waals surface area (Å²) in [4.78, 5) is 0. The highest BCUT2D eigenvalue weighted by atomic mass is 15.1. The molecule has 0 spiro atoms. The first-order valence-electron chi connectivity index (χ1n) is 6.52. The molecule has 0 aliphatic carbocycles. The zero-order chi connectivity index (χ0) is 14.6. The monoisotopic (exact) mass is 263 g/mol. The molecule has 0 fully saturated rings. The molecule has 0 amide bonds. The smallest absolute Gasteiger partial charge is 0.103 e. The van der Waals surface area contributed by atoms with Gasteiger partial charge in [0, 0.05) is 0 Å². The molecule has 20 heavy (non-hydrogen) atoms. The van der Waals surface area contributed by atoms with Gasteiger partial charge < -0.3 is 0 Å². The van der Waals surface area contributed by atoms with Gasteiger partial charge in [-0.3, -0.25) is 0 Å². The number of nitrogens with zero attached hydrogens (tertiary/aromatic N) is 3. The van der Waals surface area contributed by atoms with E-state index in [1.54, 1.807) is 0 Å². The van der Waals surface area contributed by atoms with Gasteiger partial charge in [0.25, 0.3) is 0 Å². The SMILES string of the molecule is CC(C)(C)c1ccc(N=Nc2ccccc2)c(C#N)c1. The number of azo groups is 1. The highest BCUT2D eigenvalue weighted by molar-refractivity contribution is 5.55. The average Bonchev–Trinajstić information content (AvgIpc) is 2.45. The second-order valence-corrected chi connectivity index (χ2v) is 5.63. The zero-order valence-corrected chi connectivity index (χ0v) is 12.0. The van der Waals surface area contributed by atoms with E-state index in [2.05, 4.69) is 37.1 Å². The Morgan fingerprint density at radius 2 is 1.65 bits per heavy atom.